The highest BCUT2D eigenvalue weighted by Gasteiger charge is 2.13. The summed E-state index contributed by atoms with van der Waals surface area (Å²) >= 11 is 0. The molecule has 0 saturated heterocycles. The van der Waals surface area contributed by atoms with Gasteiger partial charge in [-0.05, 0) is 40.8 Å². The van der Waals surface area contributed by atoms with Gasteiger partial charge in [-0.2, -0.15) is 0 Å². The van der Waals surface area contributed by atoms with Crippen molar-refractivity contribution in [2.75, 3.05) is 13.1 Å². The van der Waals surface area contributed by atoms with Crippen LogP contribution in [0.25, 0.3) is 0 Å². The minimum atomic E-state index is -0.106. The van der Waals surface area contributed by atoms with Gasteiger partial charge in [0.2, 0.25) is 0 Å². The third-order valence-electron chi connectivity index (χ3n) is 3.77. The summed E-state index contributed by atoms with van der Waals surface area (Å²) in [5.41, 5.74) is 8.44. The molecule has 1 amide bonds. The Bertz CT molecular complexity index is 662. The number of nitrogens with one attached hydrogen (secondary N) is 1. The summed E-state index contributed by atoms with van der Waals surface area (Å²) in [6.07, 6.45) is 0. The molecular formula is C20H27ClN2O2. The molecule has 0 aliphatic heterocycles. The minimum Gasteiger partial charge on any atom is -0.489 e. The van der Waals surface area contributed by atoms with Gasteiger partial charge in [-0.1, -0.05) is 45.0 Å². The van der Waals surface area contributed by atoms with Crippen LogP contribution >= 0.6 is 12.4 Å². The first-order valence-corrected chi connectivity index (χ1v) is 8.21. The first kappa shape index (κ1) is 21.0. The Morgan fingerprint density at radius 2 is 1.64 bits per heavy atom. The SMILES string of the molecule is CC(C)(C)c1ccc(OCc2ccc(C(=O)NCCN)cc2)cc1.Cl. The molecule has 3 N–H and O–H groups in total. The number of hydrogen-bond acceptors (Lipinski definition) is 3. The fourth-order valence-corrected chi connectivity index (χ4v) is 2.26. The number of carbonyl (C=O) groups excluding carboxylic acids is 1. The highest BCUT2D eigenvalue weighted by molar-refractivity contribution is 5.94. The zero-order valence-corrected chi connectivity index (χ0v) is 15.9. The summed E-state index contributed by atoms with van der Waals surface area (Å²) in [7, 11) is 0. The summed E-state index contributed by atoms with van der Waals surface area (Å²) in [4.78, 5) is 11.8. The van der Waals surface area contributed by atoms with Gasteiger partial charge >= 0.3 is 0 Å². The van der Waals surface area contributed by atoms with E-state index in [0.29, 0.717) is 25.3 Å². The zero-order chi connectivity index (χ0) is 17.6. The van der Waals surface area contributed by atoms with E-state index in [1.165, 1.54) is 5.56 Å². The topological polar surface area (TPSA) is 64.3 Å². The number of hydrogen-bond donors (Lipinski definition) is 2. The maximum Gasteiger partial charge on any atom is 0.251 e. The lowest BCUT2D eigenvalue weighted by Gasteiger charge is -2.19. The van der Waals surface area contributed by atoms with Gasteiger partial charge in [-0.25, -0.2) is 0 Å². The summed E-state index contributed by atoms with van der Waals surface area (Å²) in [6.45, 7) is 7.95. The molecule has 0 heterocycles. The summed E-state index contributed by atoms with van der Waals surface area (Å²) in [5, 5.41) is 2.75. The number of carbonyl (C=O) groups is 1. The number of amides is 1. The average molecular weight is 363 g/mol. The third-order valence-corrected chi connectivity index (χ3v) is 3.77. The van der Waals surface area contributed by atoms with Crippen molar-refractivity contribution in [2.24, 2.45) is 5.73 Å². The van der Waals surface area contributed by atoms with Crippen LogP contribution in [0.2, 0.25) is 0 Å². The summed E-state index contributed by atoms with van der Waals surface area (Å²) in [6, 6.07) is 15.6. The molecule has 0 unspecified atom stereocenters. The average Bonchev–Trinajstić information content (AvgIpc) is 2.58. The predicted molar refractivity (Wildman–Crippen MR) is 105 cm³/mol. The Kier molecular flexibility index (Phi) is 7.94. The van der Waals surface area contributed by atoms with Gasteiger partial charge in [0.15, 0.2) is 0 Å². The molecule has 0 atom stereocenters. The number of rotatable bonds is 6. The number of halogens is 1. The van der Waals surface area contributed by atoms with Crippen LogP contribution in [0.1, 0.15) is 42.3 Å². The van der Waals surface area contributed by atoms with Crippen LogP contribution in [-0.4, -0.2) is 19.0 Å². The van der Waals surface area contributed by atoms with Gasteiger partial charge in [0, 0.05) is 18.7 Å². The fraction of sp³-hybridized carbons (Fsp3) is 0.350. The van der Waals surface area contributed by atoms with Crippen molar-refractivity contribution in [3.05, 3.63) is 65.2 Å². The first-order valence-electron chi connectivity index (χ1n) is 8.21. The van der Waals surface area contributed by atoms with E-state index in [9.17, 15) is 4.79 Å². The van der Waals surface area contributed by atoms with Crippen LogP contribution < -0.4 is 15.8 Å². The molecule has 0 fully saturated rings. The molecule has 2 aromatic carbocycles. The number of ether oxygens (including phenoxy) is 1. The molecule has 4 nitrogen and oxygen atoms in total. The Morgan fingerprint density at radius 3 is 2.16 bits per heavy atom. The molecule has 5 heteroatoms. The lowest BCUT2D eigenvalue weighted by atomic mass is 9.87. The molecule has 0 aliphatic carbocycles. The van der Waals surface area contributed by atoms with Crippen LogP contribution in [0.3, 0.4) is 0 Å². The maximum atomic E-state index is 11.8. The van der Waals surface area contributed by atoms with E-state index >= 15 is 0 Å². The lowest BCUT2D eigenvalue weighted by molar-refractivity contribution is 0.0954. The van der Waals surface area contributed by atoms with Crippen molar-refractivity contribution < 1.29 is 9.53 Å². The van der Waals surface area contributed by atoms with Gasteiger partial charge in [-0.15, -0.1) is 12.4 Å². The van der Waals surface area contributed by atoms with Crippen LogP contribution in [0.5, 0.6) is 5.75 Å². The van der Waals surface area contributed by atoms with Crippen LogP contribution in [-0.2, 0) is 12.0 Å². The first-order chi connectivity index (χ1) is 11.4. The quantitative estimate of drug-likeness (QED) is 0.824. The lowest BCUT2D eigenvalue weighted by Crippen LogP contribution is -2.28. The number of nitrogens with two attached hydrogens (primary N) is 1. The minimum absolute atomic E-state index is 0. The van der Waals surface area contributed by atoms with E-state index in [0.717, 1.165) is 11.3 Å². The molecule has 2 aromatic rings. The van der Waals surface area contributed by atoms with E-state index < -0.39 is 0 Å². The van der Waals surface area contributed by atoms with Crippen molar-refractivity contribution >= 4 is 18.3 Å². The van der Waals surface area contributed by atoms with E-state index in [1.807, 2.05) is 24.3 Å². The van der Waals surface area contributed by atoms with Gasteiger partial charge in [-0.3, -0.25) is 4.79 Å². The highest BCUT2D eigenvalue weighted by Crippen LogP contribution is 2.24. The highest BCUT2D eigenvalue weighted by atomic mass is 35.5. The molecule has 0 aromatic heterocycles. The largest absolute Gasteiger partial charge is 0.489 e. The fourth-order valence-electron chi connectivity index (χ4n) is 2.26. The molecule has 0 saturated carbocycles. The van der Waals surface area contributed by atoms with Crippen molar-refractivity contribution in [2.45, 2.75) is 32.8 Å². The number of benzene rings is 2. The second-order valence-corrected chi connectivity index (χ2v) is 6.80. The van der Waals surface area contributed by atoms with E-state index in [2.05, 4.69) is 38.2 Å². The van der Waals surface area contributed by atoms with Crippen molar-refractivity contribution in [1.29, 1.82) is 0 Å². The maximum absolute atomic E-state index is 11.8. The van der Waals surface area contributed by atoms with Crippen LogP contribution in [0.4, 0.5) is 0 Å². The zero-order valence-electron chi connectivity index (χ0n) is 15.0. The standard InChI is InChI=1S/C20H26N2O2.ClH/c1-20(2,3)17-8-10-18(11-9-17)24-14-15-4-6-16(7-5-15)19(23)22-13-12-21;/h4-11H,12-14,21H2,1-3H3,(H,22,23);1H. The predicted octanol–water partition coefficient (Wildman–Crippen LogP) is 3.67. The molecule has 0 bridgehead atoms. The Morgan fingerprint density at radius 1 is 1.04 bits per heavy atom. The second-order valence-electron chi connectivity index (χ2n) is 6.80. The third kappa shape index (κ3) is 6.40. The summed E-state index contributed by atoms with van der Waals surface area (Å²) in [5.74, 6) is 0.735. The second kappa shape index (κ2) is 9.44. The molecule has 0 radical (unpaired) electrons. The molecule has 0 spiro atoms. The normalized spacial score (nSPS) is 10.7. The smallest absolute Gasteiger partial charge is 0.251 e. The van der Waals surface area contributed by atoms with Gasteiger partial charge in [0.05, 0.1) is 0 Å². The summed E-state index contributed by atoms with van der Waals surface area (Å²) < 4.78 is 5.81. The van der Waals surface area contributed by atoms with Gasteiger partial charge in [0.25, 0.3) is 5.91 Å². The molecule has 2 rings (SSSR count). The van der Waals surface area contributed by atoms with Crippen molar-refractivity contribution in [3.8, 4) is 5.75 Å². The Labute approximate surface area is 156 Å². The van der Waals surface area contributed by atoms with Crippen LogP contribution in [0, 0.1) is 0 Å². The van der Waals surface area contributed by atoms with E-state index in [1.54, 1.807) is 12.1 Å². The van der Waals surface area contributed by atoms with Gasteiger partial charge < -0.3 is 15.8 Å². The molecule has 25 heavy (non-hydrogen) atoms. The molecule has 0 aliphatic rings. The monoisotopic (exact) mass is 362 g/mol. The van der Waals surface area contributed by atoms with E-state index in [-0.39, 0.29) is 23.7 Å². The molecule has 136 valence electrons. The Balaban J connectivity index is 0.00000312. The van der Waals surface area contributed by atoms with Crippen molar-refractivity contribution in [3.63, 3.8) is 0 Å². The van der Waals surface area contributed by atoms with E-state index in [4.69, 9.17) is 10.5 Å². The Hall–Kier alpha value is -2.04. The van der Waals surface area contributed by atoms with Crippen LogP contribution in [0.15, 0.2) is 48.5 Å². The van der Waals surface area contributed by atoms with Crippen molar-refractivity contribution in [1.82, 2.24) is 5.32 Å². The van der Waals surface area contributed by atoms with Gasteiger partial charge in [0.1, 0.15) is 12.4 Å². The molecular weight excluding hydrogens is 336 g/mol.